The molecule has 2 N–H and O–H groups in total. The van der Waals surface area contributed by atoms with Crippen LogP contribution in [0.1, 0.15) is 24.2 Å². The zero-order valence-corrected chi connectivity index (χ0v) is 6.94. The van der Waals surface area contributed by atoms with Crippen molar-refractivity contribution < 1.29 is 4.84 Å². The van der Waals surface area contributed by atoms with Crippen LogP contribution in [0.4, 0.5) is 0 Å². The summed E-state index contributed by atoms with van der Waals surface area (Å²) in [6, 6.07) is 0. The Bertz CT molecular complexity index is 209. The molecule has 1 heterocycles. The highest BCUT2D eigenvalue weighted by molar-refractivity contribution is 7.08. The molecule has 0 aliphatic heterocycles. The summed E-state index contributed by atoms with van der Waals surface area (Å²) in [5, 5.41) is 4.15. The molecule has 1 rings (SSSR count). The van der Waals surface area contributed by atoms with Crippen LogP contribution in [0.15, 0.2) is 10.8 Å². The summed E-state index contributed by atoms with van der Waals surface area (Å²) in [6.07, 6.45) is 0.0197. The fourth-order valence-corrected chi connectivity index (χ4v) is 1.79. The van der Waals surface area contributed by atoms with Gasteiger partial charge in [-0.1, -0.05) is 0 Å². The van der Waals surface area contributed by atoms with Gasteiger partial charge in [-0.15, -0.1) is 0 Å². The van der Waals surface area contributed by atoms with Gasteiger partial charge in [0, 0.05) is 0 Å². The summed E-state index contributed by atoms with van der Waals surface area (Å²) in [6.45, 7) is 4.00. The van der Waals surface area contributed by atoms with Gasteiger partial charge in [0.15, 0.2) is 0 Å². The van der Waals surface area contributed by atoms with Gasteiger partial charge in [-0.3, -0.25) is 4.84 Å². The van der Waals surface area contributed by atoms with E-state index < -0.39 is 0 Å². The van der Waals surface area contributed by atoms with E-state index in [1.807, 2.05) is 6.92 Å². The number of aryl methyl sites for hydroxylation is 1. The molecule has 0 amide bonds. The Balaban J connectivity index is 2.82. The van der Waals surface area contributed by atoms with Crippen LogP contribution in [0.2, 0.25) is 0 Å². The maximum absolute atomic E-state index is 5.04. The fourth-order valence-electron chi connectivity index (χ4n) is 0.860. The van der Waals surface area contributed by atoms with Gasteiger partial charge in [-0.05, 0) is 35.7 Å². The highest BCUT2D eigenvalue weighted by Gasteiger charge is 2.07. The maximum Gasteiger partial charge on any atom is 0.102 e. The van der Waals surface area contributed by atoms with E-state index in [0.29, 0.717) is 0 Å². The molecule has 3 heteroatoms. The molecule has 2 nitrogen and oxygen atoms in total. The average molecular weight is 157 g/mol. The SMILES string of the molecule is Cc1cscc1C(C)ON. The molecule has 0 radical (unpaired) electrons. The van der Waals surface area contributed by atoms with Crippen LogP contribution in [0.25, 0.3) is 0 Å². The third-order valence-electron chi connectivity index (χ3n) is 1.54. The molecule has 1 aromatic rings. The number of nitrogens with two attached hydrogens (primary N) is 1. The minimum atomic E-state index is 0.0197. The monoisotopic (exact) mass is 157 g/mol. The van der Waals surface area contributed by atoms with Crippen molar-refractivity contribution in [2.24, 2.45) is 5.90 Å². The van der Waals surface area contributed by atoms with Crippen molar-refractivity contribution in [2.45, 2.75) is 20.0 Å². The minimum Gasteiger partial charge on any atom is -0.297 e. The smallest absolute Gasteiger partial charge is 0.102 e. The summed E-state index contributed by atoms with van der Waals surface area (Å²) in [4.78, 5) is 4.68. The molecule has 0 fully saturated rings. The minimum absolute atomic E-state index is 0.0197. The summed E-state index contributed by atoms with van der Waals surface area (Å²) in [7, 11) is 0. The number of thiophene rings is 1. The normalized spacial score (nSPS) is 13.5. The van der Waals surface area contributed by atoms with Crippen LogP contribution in [-0.4, -0.2) is 0 Å². The zero-order chi connectivity index (χ0) is 7.56. The standard InChI is InChI=1S/C7H11NOS/c1-5-3-10-4-7(5)6(2)9-8/h3-4,6H,8H2,1-2H3. The molecule has 0 saturated heterocycles. The Kier molecular flexibility index (Phi) is 2.43. The second kappa shape index (κ2) is 3.14. The molecule has 0 spiro atoms. The number of rotatable bonds is 2. The molecular formula is C7H11NOS. The molecule has 0 aliphatic rings. The van der Waals surface area contributed by atoms with Crippen LogP contribution in [0.5, 0.6) is 0 Å². The molecule has 1 aromatic heterocycles. The van der Waals surface area contributed by atoms with E-state index in [-0.39, 0.29) is 6.10 Å². The van der Waals surface area contributed by atoms with E-state index in [4.69, 9.17) is 5.90 Å². The molecule has 0 saturated carbocycles. The zero-order valence-electron chi connectivity index (χ0n) is 6.13. The lowest BCUT2D eigenvalue weighted by Crippen LogP contribution is -2.05. The van der Waals surface area contributed by atoms with Crippen LogP contribution >= 0.6 is 11.3 Å². The van der Waals surface area contributed by atoms with Crippen molar-refractivity contribution >= 4 is 11.3 Å². The van der Waals surface area contributed by atoms with Gasteiger partial charge in [-0.25, -0.2) is 5.90 Å². The summed E-state index contributed by atoms with van der Waals surface area (Å²) in [5.74, 6) is 5.04. The van der Waals surface area contributed by atoms with Gasteiger partial charge in [0.25, 0.3) is 0 Å². The van der Waals surface area contributed by atoms with Gasteiger partial charge >= 0.3 is 0 Å². The summed E-state index contributed by atoms with van der Waals surface area (Å²) >= 11 is 1.67. The molecule has 0 aliphatic carbocycles. The first-order chi connectivity index (χ1) is 4.75. The molecule has 1 unspecified atom stereocenters. The third-order valence-corrected chi connectivity index (χ3v) is 2.42. The lowest BCUT2D eigenvalue weighted by Gasteiger charge is -2.06. The van der Waals surface area contributed by atoms with Crippen LogP contribution < -0.4 is 5.90 Å². The van der Waals surface area contributed by atoms with Gasteiger partial charge < -0.3 is 0 Å². The van der Waals surface area contributed by atoms with E-state index in [1.54, 1.807) is 11.3 Å². The van der Waals surface area contributed by atoms with E-state index in [1.165, 1.54) is 11.1 Å². The predicted molar refractivity (Wildman–Crippen MR) is 42.7 cm³/mol. The highest BCUT2D eigenvalue weighted by Crippen LogP contribution is 2.22. The Morgan fingerprint density at radius 3 is 2.70 bits per heavy atom. The second-order valence-corrected chi connectivity index (χ2v) is 3.03. The molecule has 0 aromatic carbocycles. The van der Waals surface area contributed by atoms with Gasteiger partial charge in [0.2, 0.25) is 0 Å². The van der Waals surface area contributed by atoms with Crippen molar-refractivity contribution in [3.05, 3.63) is 21.9 Å². The summed E-state index contributed by atoms with van der Waals surface area (Å²) in [5.41, 5.74) is 2.44. The third kappa shape index (κ3) is 1.37. The van der Waals surface area contributed by atoms with Gasteiger partial charge in [0.05, 0.1) is 0 Å². The largest absolute Gasteiger partial charge is 0.297 e. The quantitative estimate of drug-likeness (QED) is 0.666. The van der Waals surface area contributed by atoms with Crippen molar-refractivity contribution in [3.8, 4) is 0 Å². The van der Waals surface area contributed by atoms with Crippen molar-refractivity contribution in [1.82, 2.24) is 0 Å². The van der Waals surface area contributed by atoms with E-state index in [0.717, 1.165) is 0 Å². The molecule has 56 valence electrons. The number of hydrogen-bond donors (Lipinski definition) is 1. The Hall–Kier alpha value is -0.380. The number of hydrogen-bond acceptors (Lipinski definition) is 3. The average Bonchev–Trinajstić information content (AvgIpc) is 2.34. The lowest BCUT2D eigenvalue weighted by atomic mass is 10.1. The van der Waals surface area contributed by atoms with Crippen LogP contribution in [-0.2, 0) is 4.84 Å². The maximum atomic E-state index is 5.04. The first kappa shape index (κ1) is 7.72. The second-order valence-electron chi connectivity index (χ2n) is 2.29. The van der Waals surface area contributed by atoms with E-state index in [9.17, 15) is 0 Å². The van der Waals surface area contributed by atoms with Crippen LogP contribution in [0.3, 0.4) is 0 Å². The van der Waals surface area contributed by atoms with Crippen LogP contribution in [0, 0.1) is 6.92 Å². The molecular weight excluding hydrogens is 146 g/mol. The molecule has 1 atom stereocenters. The first-order valence-corrected chi connectivity index (χ1v) is 4.08. The first-order valence-electron chi connectivity index (χ1n) is 3.14. The lowest BCUT2D eigenvalue weighted by molar-refractivity contribution is 0.0663. The van der Waals surface area contributed by atoms with Gasteiger partial charge in [0.1, 0.15) is 6.10 Å². The van der Waals surface area contributed by atoms with Crippen molar-refractivity contribution in [1.29, 1.82) is 0 Å². The Labute approximate surface area is 64.6 Å². The van der Waals surface area contributed by atoms with E-state index in [2.05, 4.69) is 22.5 Å². The highest BCUT2D eigenvalue weighted by atomic mass is 32.1. The molecule has 10 heavy (non-hydrogen) atoms. The topological polar surface area (TPSA) is 35.2 Å². The molecule has 0 bridgehead atoms. The Morgan fingerprint density at radius 1 is 1.60 bits per heavy atom. The van der Waals surface area contributed by atoms with E-state index >= 15 is 0 Å². The Morgan fingerprint density at radius 2 is 2.30 bits per heavy atom. The van der Waals surface area contributed by atoms with Gasteiger partial charge in [-0.2, -0.15) is 11.3 Å². The predicted octanol–water partition coefficient (Wildman–Crippen LogP) is 2.01. The van der Waals surface area contributed by atoms with Crippen molar-refractivity contribution in [2.75, 3.05) is 0 Å². The summed E-state index contributed by atoms with van der Waals surface area (Å²) < 4.78 is 0. The van der Waals surface area contributed by atoms with Crippen molar-refractivity contribution in [3.63, 3.8) is 0 Å². The fraction of sp³-hybridized carbons (Fsp3) is 0.429.